The predicted molar refractivity (Wildman–Crippen MR) is 105 cm³/mol. The molecule has 4 rings (SSSR count). The highest BCUT2D eigenvalue weighted by atomic mass is 16.5. The molecule has 0 bridgehead atoms. The Kier molecular flexibility index (Phi) is 5.42. The summed E-state index contributed by atoms with van der Waals surface area (Å²) in [5, 5.41) is 0. The van der Waals surface area contributed by atoms with Crippen LogP contribution in [-0.2, 0) is 21.6 Å². The maximum atomic E-state index is 12.9. The molecule has 2 aliphatic heterocycles. The Morgan fingerprint density at radius 3 is 2.70 bits per heavy atom. The second-order valence-corrected chi connectivity index (χ2v) is 8.36. The molecule has 27 heavy (non-hydrogen) atoms. The molecule has 1 aromatic rings. The highest BCUT2D eigenvalue weighted by Crippen LogP contribution is 2.42. The summed E-state index contributed by atoms with van der Waals surface area (Å²) in [6, 6.07) is 5.98. The number of likely N-dealkylation sites (tertiary alicyclic amines) is 1. The van der Waals surface area contributed by atoms with Crippen LogP contribution < -0.4 is 10.5 Å². The van der Waals surface area contributed by atoms with E-state index in [1.165, 1.54) is 30.4 Å². The van der Waals surface area contributed by atoms with Gasteiger partial charge in [-0.2, -0.15) is 0 Å². The molecule has 2 fully saturated rings. The maximum absolute atomic E-state index is 12.9. The van der Waals surface area contributed by atoms with Gasteiger partial charge in [-0.1, -0.05) is 25.3 Å². The summed E-state index contributed by atoms with van der Waals surface area (Å²) in [5.41, 5.74) is 8.70. The number of amides is 1. The van der Waals surface area contributed by atoms with Gasteiger partial charge in [0.2, 0.25) is 5.91 Å². The van der Waals surface area contributed by atoms with Crippen LogP contribution in [0.3, 0.4) is 0 Å². The zero-order chi connectivity index (χ0) is 18.9. The number of rotatable bonds is 3. The Morgan fingerprint density at radius 2 is 2.00 bits per heavy atom. The van der Waals surface area contributed by atoms with Gasteiger partial charge in [-0.25, -0.2) is 0 Å². The van der Waals surface area contributed by atoms with Gasteiger partial charge in [-0.15, -0.1) is 0 Å². The molecule has 2 N–H and O–H groups in total. The number of ether oxygens (including phenoxy) is 2. The average Bonchev–Trinajstić information content (AvgIpc) is 2.74. The Balaban J connectivity index is 1.44. The molecular weight excluding hydrogens is 340 g/mol. The van der Waals surface area contributed by atoms with Crippen LogP contribution in [0.5, 0.6) is 5.75 Å². The summed E-state index contributed by atoms with van der Waals surface area (Å²) in [6.45, 7) is 2.19. The molecule has 1 saturated heterocycles. The number of carbonyl (C=O) groups is 1. The SMILES string of the molecule is COc1ccc2c(c1)CCOC21CCN(C(=O)[C@@H](N)C2CCCCC2)CC1. The van der Waals surface area contributed by atoms with Crippen molar-refractivity contribution in [3.8, 4) is 5.75 Å². The fraction of sp³-hybridized carbons (Fsp3) is 0.682. The van der Waals surface area contributed by atoms with Crippen molar-refractivity contribution >= 4 is 5.91 Å². The highest BCUT2D eigenvalue weighted by molar-refractivity contribution is 5.82. The van der Waals surface area contributed by atoms with Gasteiger partial charge in [0.15, 0.2) is 0 Å². The minimum atomic E-state index is -0.330. The fourth-order valence-corrected chi connectivity index (χ4v) is 5.19. The summed E-state index contributed by atoms with van der Waals surface area (Å²) >= 11 is 0. The van der Waals surface area contributed by atoms with E-state index in [1.54, 1.807) is 7.11 Å². The van der Waals surface area contributed by atoms with Gasteiger partial charge in [-0.3, -0.25) is 4.79 Å². The Bertz CT molecular complexity index is 676. The predicted octanol–water partition coefficient (Wildman–Crippen LogP) is 2.99. The van der Waals surface area contributed by atoms with Gasteiger partial charge in [-0.05, 0) is 61.3 Å². The van der Waals surface area contributed by atoms with Crippen LogP contribution in [-0.4, -0.2) is 43.7 Å². The number of methoxy groups -OCH3 is 1. The minimum absolute atomic E-state index is 0.141. The summed E-state index contributed by atoms with van der Waals surface area (Å²) < 4.78 is 11.7. The van der Waals surface area contributed by atoms with Gasteiger partial charge in [0.1, 0.15) is 5.75 Å². The van der Waals surface area contributed by atoms with Crippen molar-refractivity contribution in [1.29, 1.82) is 0 Å². The first-order valence-corrected chi connectivity index (χ1v) is 10.5. The van der Waals surface area contributed by atoms with Crippen LogP contribution in [0.2, 0.25) is 0 Å². The lowest BCUT2D eigenvalue weighted by Gasteiger charge is -2.45. The lowest BCUT2D eigenvalue weighted by Crippen LogP contribution is -2.54. The largest absolute Gasteiger partial charge is 0.497 e. The molecule has 2 heterocycles. The monoisotopic (exact) mass is 372 g/mol. The first kappa shape index (κ1) is 18.8. The lowest BCUT2D eigenvalue weighted by molar-refractivity contribution is -0.143. The van der Waals surface area contributed by atoms with Crippen LogP contribution in [0.4, 0.5) is 0 Å². The van der Waals surface area contributed by atoms with E-state index in [4.69, 9.17) is 15.2 Å². The standard InChI is InChI=1S/C22H32N2O3/c1-26-18-7-8-19-17(15-18)9-14-27-22(19)10-12-24(13-11-22)21(25)20(23)16-5-3-2-4-6-16/h7-8,15-16,20H,2-6,9-14,23H2,1H3/t20-/m0/s1. The van der Waals surface area contributed by atoms with E-state index < -0.39 is 0 Å². The van der Waals surface area contributed by atoms with Gasteiger partial charge in [0.05, 0.1) is 25.4 Å². The number of nitrogens with two attached hydrogens (primary N) is 1. The van der Waals surface area contributed by atoms with Gasteiger partial charge >= 0.3 is 0 Å². The van der Waals surface area contributed by atoms with Gasteiger partial charge in [0, 0.05) is 13.1 Å². The molecule has 0 radical (unpaired) electrons. The third-order valence-corrected chi connectivity index (χ3v) is 6.88. The van der Waals surface area contributed by atoms with E-state index in [1.807, 2.05) is 11.0 Å². The minimum Gasteiger partial charge on any atom is -0.497 e. The van der Waals surface area contributed by atoms with E-state index in [0.717, 1.165) is 57.6 Å². The normalized spacial score (nSPS) is 23.7. The third kappa shape index (κ3) is 3.59. The smallest absolute Gasteiger partial charge is 0.239 e. The molecule has 0 aromatic heterocycles. The van der Waals surface area contributed by atoms with Crippen LogP contribution in [0.15, 0.2) is 18.2 Å². The van der Waals surface area contributed by atoms with Crippen LogP contribution >= 0.6 is 0 Å². The Labute approximate surface area is 162 Å². The number of benzene rings is 1. The first-order chi connectivity index (χ1) is 13.1. The number of carbonyl (C=O) groups excluding carboxylic acids is 1. The van der Waals surface area contributed by atoms with Crippen molar-refractivity contribution in [3.05, 3.63) is 29.3 Å². The molecule has 1 saturated carbocycles. The number of piperidine rings is 1. The maximum Gasteiger partial charge on any atom is 0.239 e. The summed E-state index contributed by atoms with van der Waals surface area (Å²) in [6.07, 6.45) is 8.51. The van der Waals surface area contributed by atoms with Crippen molar-refractivity contribution in [2.45, 2.75) is 63.0 Å². The molecule has 1 amide bonds. The summed E-state index contributed by atoms with van der Waals surface area (Å²) in [7, 11) is 1.70. The molecule has 1 atom stereocenters. The molecule has 1 aromatic carbocycles. The first-order valence-electron chi connectivity index (χ1n) is 10.5. The van der Waals surface area contributed by atoms with Gasteiger partial charge in [0.25, 0.3) is 0 Å². The summed E-state index contributed by atoms with van der Waals surface area (Å²) in [5.74, 6) is 1.40. The number of fused-ring (bicyclic) bond motifs is 2. The molecule has 0 unspecified atom stereocenters. The highest BCUT2D eigenvalue weighted by Gasteiger charge is 2.42. The van der Waals surface area contributed by atoms with E-state index >= 15 is 0 Å². The van der Waals surface area contributed by atoms with Crippen molar-refractivity contribution < 1.29 is 14.3 Å². The zero-order valence-electron chi connectivity index (χ0n) is 16.4. The summed E-state index contributed by atoms with van der Waals surface area (Å²) in [4.78, 5) is 14.9. The fourth-order valence-electron chi connectivity index (χ4n) is 5.19. The second kappa shape index (κ2) is 7.80. The third-order valence-electron chi connectivity index (χ3n) is 6.88. The van der Waals surface area contributed by atoms with Crippen LogP contribution in [0.25, 0.3) is 0 Å². The molecule has 148 valence electrons. The quantitative estimate of drug-likeness (QED) is 0.886. The van der Waals surface area contributed by atoms with Gasteiger partial charge < -0.3 is 20.1 Å². The van der Waals surface area contributed by atoms with Crippen molar-refractivity contribution in [3.63, 3.8) is 0 Å². The topological polar surface area (TPSA) is 64.8 Å². The lowest BCUT2D eigenvalue weighted by atomic mass is 9.78. The van der Waals surface area contributed by atoms with Crippen LogP contribution in [0.1, 0.15) is 56.1 Å². The Morgan fingerprint density at radius 1 is 1.26 bits per heavy atom. The number of hydrogen-bond donors (Lipinski definition) is 1. The molecule has 5 heteroatoms. The second-order valence-electron chi connectivity index (χ2n) is 8.36. The molecule has 1 aliphatic carbocycles. The zero-order valence-corrected chi connectivity index (χ0v) is 16.4. The van der Waals surface area contributed by atoms with Crippen LogP contribution in [0, 0.1) is 5.92 Å². The molecule has 1 spiro atoms. The van der Waals surface area contributed by atoms with Crippen molar-refractivity contribution in [1.82, 2.24) is 4.90 Å². The molecule has 5 nitrogen and oxygen atoms in total. The average molecular weight is 373 g/mol. The molecule has 3 aliphatic rings. The van der Waals surface area contributed by atoms with E-state index in [-0.39, 0.29) is 17.6 Å². The van der Waals surface area contributed by atoms with Crippen molar-refractivity contribution in [2.75, 3.05) is 26.8 Å². The number of hydrogen-bond acceptors (Lipinski definition) is 4. The van der Waals surface area contributed by atoms with Crippen molar-refractivity contribution in [2.24, 2.45) is 11.7 Å². The molecular formula is C22H32N2O3. The number of nitrogens with zero attached hydrogens (tertiary/aromatic N) is 1. The van der Waals surface area contributed by atoms with E-state index in [0.29, 0.717) is 5.92 Å². The van der Waals surface area contributed by atoms with E-state index in [9.17, 15) is 4.79 Å². The van der Waals surface area contributed by atoms with E-state index in [2.05, 4.69) is 12.1 Å². The Hall–Kier alpha value is -1.59.